The van der Waals surface area contributed by atoms with Crippen molar-refractivity contribution in [3.63, 3.8) is 0 Å². The minimum absolute atomic E-state index is 0.221. The van der Waals surface area contributed by atoms with Crippen LogP contribution < -0.4 is 11.3 Å². The summed E-state index contributed by atoms with van der Waals surface area (Å²) in [5, 5.41) is 0. The van der Waals surface area contributed by atoms with Crippen LogP contribution >= 0.6 is 15.9 Å². The molecule has 1 aliphatic carbocycles. The maximum Gasteiger partial charge on any atom is 0.137 e. The quantitative estimate of drug-likeness (QED) is 0.648. The standard InChI is InChI=1S/C13H18BrFN2/c1-8(10-3-4-10)13(17-16)7-9-2-5-12(15)11(14)6-9/h2,5-6,8,10,13,17H,3-4,7,16H2,1H3. The molecular formula is C13H18BrFN2. The van der Waals surface area contributed by atoms with Crippen molar-refractivity contribution >= 4 is 15.9 Å². The Kier molecular flexibility index (Phi) is 4.17. The van der Waals surface area contributed by atoms with Crippen molar-refractivity contribution in [3.05, 3.63) is 34.1 Å². The molecule has 2 unspecified atom stereocenters. The lowest BCUT2D eigenvalue weighted by Gasteiger charge is -2.23. The van der Waals surface area contributed by atoms with Gasteiger partial charge < -0.3 is 0 Å². The maximum atomic E-state index is 13.1. The van der Waals surface area contributed by atoms with Crippen molar-refractivity contribution in [1.82, 2.24) is 5.43 Å². The van der Waals surface area contributed by atoms with Gasteiger partial charge in [0, 0.05) is 6.04 Å². The molecule has 1 aromatic rings. The molecule has 0 bridgehead atoms. The number of nitrogens with two attached hydrogens (primary N) is 1. The summed E-state index contributed by atoms with van der Waals surface area (Å²) in [4.78, 5) is 0. The summed E-state index contributed by atoms with van der Waals surface area (Å²) in [6, 6.07) is 5.41. The molecule has 1 aliphatic rings. The van der Waals surface area contributed by atoms with Crippen LogP contribution in [0.15, 0.2) is 22.7 Å². The van der Waals surface area contributed by atoms with Gasteiger partial charge in [-0.05, 0) is 64.7 Å². The highest BCUT2D eigenvalue weighted by molar-refractivity contribution is 9.10. The van der Waals surface area contributed by atoms with E-state index in [1.165, 1.54) is 18.9 Å². The van der Waals surface area contributed by atoms with E-state index in [0.29, 0.717) is 10.4 Å². The van der Waals surface area contributed by atoms with Crippen molar-refractivity contribution in [2.45, 2.75) is 32.2 Å². The fraction of sp³-hybridized carbons (Fsp3) is 0.538. The van der Waals surface area contributed by atoms with Crippen LogP contribution in [-0.2, 0) is 6.42 Å². The Morgan fingerprint density at radius 2 is 2.24 bits per heavy atom. The first-order valence-electron chi connectivity index (χ1n) is 6.02. The number of hydrazine groups is 1. The Morgan fingerprint density at radius 3 is 2.76 bits per heavy atom. The molecule has 1 aromatic carbocycles. The Hall–Kier alpha value is -0.450. The van der Waals surface area contributed by atoms with Crippen LogP contribution in [0.2, 0.25) is 0 Å². The molecule has 0 aliphatic heterocycles. The third-order valence-corrected chi connectivity index (χ3v) is 4.26. The number of hydrogen-bond donors (Lipinski definition) is 2. The van der Waals surface area contributed by atoms with Crippen LogP contribution in [0.4, 0.5) is 4.39 Å². The third-order valence-electron chi connectivity index (χ3n) is 3.65. The SMILES string of the molecule is CC(C1CC1)C(Cc1ccc(F)c(Br)c1)NN. The minimum Gasteiger partial charge on any atom is -0.271 e. The van der Waals surface area contributed by atoms with E-state index in [1.54, 1.807) is 0 Å². The summed E-state index contributed by atoms with van der Waals surface area (Å²) in [6.07, 6.45) is 3.46. The predicted molar refractivity (Wildman–Crippen MR) is 70.8 cm³/mol. The van der Waals surface area contributed by atoms with Gasteiger partial charge in [-0.25, -0.2) is 4.39 Å². The van der Waals surface area contributed by atoms with Gasteiger partial charge in [0.15, 0.2) is 0 Å². The Balaban J connectivity index is 2.04. The Labute approximate surface area is 110 Å². The molecule has 2 rings (SSSR count). The van der Waals surface area contributed by atoms with Crippen LogP contribution in [-0.4, -0.2) is 6.04 Å². The molecule has 94 valence electrons. The van der Waals surface area contributed by atoms with E-state index in [-0.39, 0.29) is 11.9 Å². The van der Waals surface area contributed by atoms with E-state index < -0.39 is 0 Å². The van der Waals surface area contributed by atoms with E-state index in [4.69, 9.17) is 5.84 Å². The second-order valence-corrected chi connectivity index (χ2v) is 5.78. The number of hydrogen-bond acceptors (Lipinski definition) is 2. The van der Waals surface area contributed by atoms with Gasteiger partial charge in [-0.1, -0.05) is 13.0 Å². The van der Waals surface area contributed by atoms with E-state index in [9.17, 15) is 4.39 Å². The van der Waals surface area contributed by atoms with Gasteiger partial charge in [-0.2, -0.15) is 0 Å². The molecule has 0 radical (unpaired) electrons. The average Bonchev–Trinajstić information content (AvgIpc) is 3.13. The topological polar surface area (TPSA) is 38.0 Å². The van der Waals surface area contributed by atoms with Gasteiger partial charge in [-0.3, -0.25) is 11.3 Å². The molecule has 0 aromatic heterocycles. The zero-order chi connectivity index (χ0) is 12.4. The average molecular weight is 301 g/mol. The number of halogens is 2. The molecule has 0 saturated heterocycles. The van der Waals surface area contributed by atoms with Crippen LogP contribution in [0.3, 0.4) is 0 Å². The summed E-state index contributed by atoms with van der Waals surface area (Å²) in [7, 11) is 0. The van der Waals surface area contributed by atoms with Crippen molar-refractivity contribution in [1.29, 1.82) is 0 Å². The van der Waals surface area contributed by atoms with Crippen molar-refractivity contribution in [3.8, 4) is 0 Å². The molecular weight excluding hydrogens is 283 g/mol. The fourth-order valence-electron chi connectivity index (χ4n) is 2.27. The summed E-state index contributed by atoms with van der Waals surface area (Å²) in [5.74, 6) is 6.78. The summed E-state index contributed by atoms with van der Waals surface area (Å²) < 4.78 is 13.6. The van der Waals surface area contributed by atoms with Crippen LogP contribution in [0.5, 0.6) is 0 Å². The smallest absolute Gasteiger partial charge is 0.137 e. The summed E-state index contributed by atoms with van der Waals surface area (Å²) in [6.45, 7) is 2.24. The zero-order valence-electron chi connectivity index (χ0n) is 9.92. The van der Waals surface area contributed by atoms with Crippen LogP contribution in [0.25, 0.3) is 0 Å². The summed E-state index contributed by atoms with van der Waals surface area (Å²) >= 11 is 3.21. The molecule has 0 amide bonds. The molecule has 0 heterocycles. The number of nitrogens with one attached hydrogen (secondary N) is 1. The highest BCUT2D eigenvalue weighted by Gasteiger charge is 2.32. The Bertz CT molecular complexity index is 393. The largest absolute Gasteiger partial charge is 0.271 e. The molecule has 0 spiro atoms. The highest BCUT2D eigenvalue weighted by atomic mass is 79.9. The van der Waals surface area contributed by atoms with Crippen LogP contribution in [0, 0.1) is 17.7 Å². The molecule has 4 heteroatoms. The first kappa shape index (κ1) is 13.0. The zero-order valence-corrected chi connectivity index (χ0v) is 11.5. The highest BCUT2D eigenvalue weighted by Crippen LogP contribution is 2.38. The van der Waals surface area contributed by atoms with Crippen molar-refractivity contribution in [2.24, 2.45) is 17.7 Å². The van der Waals surface area contributed by atoms with Crippen LogP contribution in [0.1, 0.15) is 25.3 Å². The van der Waals surface area contributed by atoms with Crippen molar-refractivity contribution in [2.75, 3.05) is 0 Å². The minimum atomic E-state index is -0.221. The lowest BCUT2D eigenvalue weighted by Crippen LogP contribution is -2.42. The number of benzene rings is 1. The predicted octanol–water partition coefficient (Wildman–Crippen LogP) is 3.01. The molecule has 2 nitrogen and oxygen atoms in total. The van der Waals surface area contributed by atoms with Crippen molar-refractivity contribution < 1.29 is 4.39 Å². The van der Waals surface area contributed by atoms with Gasteiger partial charge >= 0.3 is 0 Å². The van der Waals surface area contributed by atoms with E-state index >= 15 is 0 Å². The van der Waals surface area contributed by atoms with E-state index in [2.05, 4.69) is 28.3 Å². The van der Waals surface area contributed by atoms with E-state index in [0.717, 1.165) is 17.9 Å². The first-order chi connectivity index (χ1) is 8.11. The second kappa shape index (κ2) is 5.46. The molecule has 1 fully saturated rings. The number of rotatable bonds is 5. The van der Waals surface area contributed by atoms with Gasteiger partial charge in [0.05, 0.1) is 4.47 Å². The second-order valence-electron chi connectivity index (χ2n) is 4.92. The molecule has 17 heavy (non-hydrogen) atoms. The summed E-state index contributed by atoms with van der Waals surface area (Å²) in [5.41, 5.74) is 4.00. The van der Waals surface area contributed by atoms with Gasteiger partial charge in [0.25, 0.3) is 0 Å². The van der Waals surface area contributed by atoms with Gasteiger partial charge in [0.1, 0.15) is 5.82 Å². The third kappa shape index (κ3) is 3.27. The lowest BCUT2D eigenvalue weighted by molar-refractivity contribution is 0.343. The molecule has 2 atom stereocenters. The van der Waals surface area contributed by atoms with E-state index in [1.807, 2.05) is 12.1 Å². The van der Waals surface area contributed by atoms with Gasteiger partial charge in [-0.15, -0.1) is 0 Å². The maximum absolute atomic E-state index is 13.1. The fourth-order valence-corrected chi connectivity index (χ4v) is 2.69. The molecule has 1 saturated carbocycles. The lowest BCUT2D eigenvalue weighted by atomic mass is 9.92. The monoisotopic (exact) mass is 300 g/mol. The van der Waals surface area contributed by atoms with Gasteiger partial charge in [0.2, 0.25) is 0 Å². The molecule has 3 N–H and O–H groups in total. The Morgan fingerprint density at radius 1 is 1.53 bits per heavy atom. The first-order valence-corrected chi connectivity index (χ1v) is 6.81. The normalized spacial score (nSPS) is 19.1.